The first-order valence-corrected chi connectivity index (χ1v) is 8.00. The Morgan fingerprint density at radius 1 is 1.18 bits per heavy atom. The molecule has 1 aromatic carbocycles. The van der Waals surface area contributed by atoms with Gasteiger partial charge in [0.15, 0.2) is 5.65 Å². The normalized spacial score (nSPS) is 13.5. The average molecular weight is 292 g/mol. The number of rotatable bonds is 3. The first kappa shape index (κ1) is 13.3. The number of hydrogen-bond acceptors (Lipinski definition) is 3. The van der Waals surface area contributed by atoms with E-state index in [1.54, 1.807) is 0 Å². The second kappa shape index (κ2) is 5.13. The van der Waals surface area contributed by atoms with Crippen molar-refractivity contribution in [2.45, 2.75) is 33.1 Å². The van der Waals surface area contributed by atoms with Crippen molar-refractivity contribution in [1.82, 2.24) is 14.6 Å². The van der Waals surface area contributed by atoms with Crippen LogP contribution < -0.4 is 5.32 Å². The Bertz CT molecular complexity index is 833. The third kappa shape index (κ3) is 1.90. The van der Waals surface area contributed by atoms with Crippen LogP contribution >= 0.6 is 0 Å². The van der Waals surface area contributed by atoms with Gasteiger partial charge in [0, 0.05) is 23.4 Å². The number of anilines is 1. The summed E-state index contributed by atoms with van der Waals surface area (Å²) in [7, 11) is 0. The first-order chi connectivity index (χ1) is 10.8. The molecule has 0 atom stereocenters. The summed E-state index contributed by atoms with van der Waals surface area (Å²) in [6.07, 6.45) is 3.36. The monoisotopic (exact) mass is 292 g/mol. The maximum absolute atomic E-state index is 4.96. The Morgan fingerprint density at radius 3 is 2.77 bits per heavy atom. The molecule has 0 bridgehead atoms. The van der Waals surface area contributed by atoms with E-state index in [4.69, 9.17) is 10.1 Å². The zero-order valence-corrected chi connectivity index (χ0v) is 13.1. The van der Waals surface area contributed by atoms with Crippen LogP contribution in [0.4, 0.5) is 5.82 Å². The van der Waals surface area contributed by atoms with Gasteiger partial charge in [0.2, 0.25) is 0 Å². The fourth-order valence-electron chi connectivity index (χ4n) is 3.43. The van der Waals surface area contributed by atoms with Gasteiger partial charge in [-0.15, -0.1) is 0 Å². The lowest BCUT2D eigenvalue weighted by Gasteiger charge is -2.12. The largest absolute Gasteiger partial charge is 0.370 e. The highest BCUT2D eigenvalue weighted by atomic mass is 15.3. The molecule has 0 saturated carbocycles. The third-order valence-corrected chi connectivity index (χ3v) is 4.37. The summed E-state index contributed by atoms with van der Waals surface area (Å²) in [4.78, 5) is 4.96. The van der Waals surface area contributed by atoms with Gasteiger partial charge in [0.25, 0.3) is 0 Å². The molecule has 3 aromatic rings. The van der Waals surface area contributed by atoms with Crippen molar-refractivity contribution in [3.63, 3.8) is 0 Å². The lowest BCUT2D eigenvalue weighted by molar-refractivity contribution is 0.891. The predicted molar refractivity (Wildman–Crippen MR) is 89.3 cm³/mol. The van der Waals surface area contributed by atoms with E-state index < -0.39 is 0 Å². The summed E-state index contributed by atoms with van der Waals surface area (Å²) < 4.78 is 2.01. The average Bonchev–Trinajstić information content (AvgIpc) is 3.12. The molecule has 0 unspecified atom stereocenters. The smallest absolute Gasteiger partial charge is 0.165 e. The van der Waals surface area contributed by atoms with Crippen LogP contribution in [0, 0.1) is 6.92 Å². The van der Waals surface area contributed by atoms with Gasteiger partial charge in [-0.3, -0.25) is 0 Å². The van der Waals surface area contributed by atoms with Crippen LogP contribution in [0.25, 0.3) is 16.8 Å². The molecular formula is C18H20N4. The highest BCUT2D eigenvalue weighted by Gasteiger charge is 2.23. The highest BCUT2D eigenvalue weighted by Crippen LogP contribution is 2.34. The number of aromatic nitrogens is 3. The van der Waals surface area contributed by atoms with Gasteiger partial charge in [-0.1, -0.05) is 30.3 Å². The van der Waals surface area contributed by atoms with Crippen molar-refractivity contribution in [2.75, 3.05) is 11.9 Å². The molecule has 1 aliphatic carbocycles. The molecule has 0 radical (unpaired) electrons. The van der Waals surface area contributed by atoms with Crippen molar-refractivity contribution >= 4 is 11.5 Å². The molecular weight excluding hydrogens is 272 g/mol. The summed E-state index contributed by atoms with van der Waals surface area (Å²) in [6, 6.07) is 10.4. The number of benzene rings is 1. The molecule has 0 aliphatic heterocycles. The van der Waals surface area contributed by atoms with Crippen molar-refractivity contribution in [2.24, 2.45) is 0 Å². The van der Waals surface area contributed by atoms with Crippen LogP contribution in [0.3, 0.4) is 0 Å². The minimum absolute atomic E-state index is 0.894. The number of nitrogens with one attached hydrogen (secondary N) is 1. The van der Waals surface area contributed by atoms with Crippen molar-refractivity contribution in [3.8, 4) is 11.1 Å². The van der Waals surface area contributed by atoms with E-state index in [9.17, 15) is 0 Å². The number of hydrogen-bond donors (Lipinski definition) is 1. The van der Waals surface area contributed by atoms with Gasteiger partial charge >= 0.3 is 0 Å². The Labute approximate surface area is 130 Å². The van der Waals surface area contributed by atoms with Crippen molar-refractivity contribution in [1.29, 1.82) is 0 Å². The predicted octanol–water partition coefficient (Wildman–Crippen LogP) is 3.63. The first-order valence-electron chi connectivity index (χ1n) is 8.00. The molecule has 0 fully saturated rings. The molecule has 4 heteroatoms. The molecule has 0 saturated heterocycles. The second-order valence-electron chi connectivity index (χ2n) is 5.83. The van der Waals surface area contributed by atoms with E-state index in [1.807, 2.05) is 10.6 Å². The summed E-state index contributed by atoms with van der Waals surface area (Å²) in [5.74, 6) is 1.13. The minimum atomic E-state index is 0.894. The Morgan fingerprint density at radius 2 is 2.00 bits per heavy atom. The van der Waals surface area contributed by atoms with Crippen molar-refractivity contribution < 1.29 is 0 Å². The van der Waals surface area contributed by atoms with Crippen LogP contribution in [0.15, 0.2) is 30.3 Å². The second-order valence-corrected chi connectivity index (χ2v) is 5.83. The molecule has 2 aromatic heterocycles. The molecule has 2 heterocycles. The SMILES string of the molecule is CCNc1c2c(nc3c(-c4ccccc4)c(C)nn13)CCC2. The standard InChI is InChI=1S/C18H20N4/c1-3-19-17-14-10-7-11-15(14)20-18-16(12(2)21-22(17)18)13-8-5-4-6-9-13/h4-6,8-9,19H,3,7,10-11H2,1-2H3. The fourth-order valence-corrected chi connectivity index (χ4v) is 3.43. The zero-order valence-electron chi connectivity index (χ0n) is 13.1. The molecule has 1 N–H and O–H groups in total. The lowest BCUT2D eigenvalue weighted by Crippen LogP contribution is -2.09. The Kier molecular flexibility index (Phi) is 3.10. The van der Waals surface area contributed by atoms with E-state index in [0.29, 0.717) is 0 Å². The minimum Gasteiger partial charge on any atom is -0.370 e. The Hall–Kier alpha value is -2.36. The molecule has 4 rings (SSSR count). The van der Waals surface area contributed by atoms with Gasteiger partial charge in [0.05, 0.1) is 5.69 Å². The lowest BCUT2D eigenvalue weighted by atomic mass is 10.1. The molecule has 1 aliphatic rings. The summed E-state index contributed by atoms with van der Waals surface area (Å²) >= 11 is 0. The van der Waals surface area contributed by atoms with E-state index in [0.717, 1.165) is 42.1 Å². The van der Waals surface area contributed by atoms with Crippen LogP contribution in [-0.2, 0) is 12.8 Å². The maximum atomic E-state index is 4.96. The van der Waals surface area contributed by atoms with E-state index in [2.05, 4.69) is 43.4 Å². The maximum Gasteiger partial charge on any atom is 0.165 e. The van der Waals surface area contributed by atoms with E-state index >= 15 is 0 Å². The Balaban J connectivity index is 2.04. The van der Waals surface area contributed by atoms with Gasteiger partial charge in [0.1, 0.15) is 5.82 Å². The molecule has 0 spiro atoms. The van der Waals surface area contributed by atoms with E-state index in [1.165, 1.54) is 23.2 Å². The van der Waals surface area contributed by atoms with Gasteiger partial charge in [-0.25, -0.2) is 4.98 Å². The molecule has 4 nitrogen and oxygen atoms in total. The van der Waals surface area contributed by atoms with Gasteiger partial charge in [-0.2, -0.15) is 9.61 Å². The van der Waals surface area contributed by atoms with Crippen molar-refractivity contribution in [3.05, 3.63) is 47.3 Å². The highest BCUT2D eigenvalue weighted by molar-refractivity contribution is 5.81. The van der Waals surface area contributed by atoms with Crippen LogP contribution in [0.5, 0.6) is 0 Å². The van der Waals surface area contributed by atoms with Crippen LogP contribution in [0.1, 0.15) is 30.3 Å². The zero-order chi connectivity index (χ0) is 15.1. The molecule has 112 valence electrons. The number of nitrogens with zero attached hydrogens (tertiary/aromatic N) is 3. The quantitative estimate of drug-likeness (QED) is 0.801. The van der Waals surface area contributed by atoms with Gasteiger partial charge in [-0.05, 0) is 38.7 Å². The van der Waals surface area contributed by atoms with Crippen LogP contribution in [-0.4, -0.2) is 21.1 Å². The van der Waals surface area contributed by atoms with E-state index in [-0.39, 0.29) is 0 Å². The van der Waals surface area contributed by atoms with Gasteiger partial charge < -0.3 is 5.32 Å². The summed E-state index contributed by atoms with van der Waals surface area (Å²) in [5.41, 5.74) is 6.91. The number of fused-ring (bicyclic) bond motifs is 2. The topological polar surface area (TPSA) is 42.2 Å². The third-order valence-electron chi connectivity index (χ3n) is 4.37. The van der Waals surface area contributed by atoms with Crippen LogP contribution in [0.2, 0.25) is 0 Å². The fraction of sp³-hybridized carbons (Fsp3) is 0.333. The molecule has 0 amide bonds. The number of aryl methyl sites for hydroxylation is 2. The summed E-state index contributed by atoms with van der Waals surface area (Å²) in [6.45, 7) is 5.09. The molecule has 22 heavy (non-hydrogen) atoms. The summed E-state index contributed by atoms with van der Waals surface area (Å²) in [5, 5.41) is 8.28.